The van der Waals surface area contributed by atoms with Gasteiger partial charge in [-0.15, -0.1) is 12.6 Å². The largest absolute Gasteiger partial charge is 0.368 e. The summed E-state index contributed by atoms with van der Waals surface area (Å²) in [5, 5.41) is 5.12. The topological polar surface area (TPSA) is 39.9 Å². The summed E-state index contributed by atoms with van der Waals surface area (Å²) in [7, 11) is 0. The molecule has 1 fully saturated rings. The van der Waals surface area contributed by atoms with Gasteiger partial charge in [0.1, 0.15) is 23.6 Å². The molecule has 0 amide bonds. The molecule has 140 valence electrons. The number of nitrogens with zero attached hydrogens (tertiary/aromatic N) is 3. The minimum Gasteiger partial charge on any atom is -0.368 e. The van der Waals surface area contributed by atoms with E-state index in [1.54, 1.807) is 10.7 Å². The fourth-order valence-electron chi connectivity index (χ4n) is 3.79. The zero-order valence-corrected chi connectivity index (χ0v) is 15.8. The second-order valence-electron chi connectivity index (χ2n) is 6.44. The molecule has 3 aromatic rings. The van der Waals surface area contributed by atoms with Crippen molar-refractivity contribution < 1.29 is 13.5 Å². The summed E-state index contributed by atoms with van der Waals surface area (Å²) >= 11 is 10.7. The van der Waals surface area contributed by atoms with E-state index in [0.717, 1.165) is 11.6 Å². The van der Waals surface area contributed by atoms with Crippen LogP contribution in [0.5, 0.6) is 0 Å². The number of hydrogen-bond acceptors (Lipinski definition) is 4. The highest BCUT2D eigenvalue weighted by molar-refractivity contribution is 7.80. The smallest absolute Gasteiger partial charge is 0.183 e. The van der Waals surface area contributed by atoms with E-state index in [-0.39, 0.29) is 18.0 Å². The lowest BCUT2D eigenvalue weighted by Gasteiger charge is -2.36. The van der Waals surface area contributed by atoms with Crippen molar-refractivity contribution in [3.8, 4) is 0 Å². The molecule has 0 N–H and O–H groups in total. The molecule has 1 aliphatic heterocycles. The molecule has 0 bridgehead atoms. The van der Waals surface area contributed by atoms with Gasteiger partial charge in [-0.05, 0) is 24.1 Å². The van der Waals surface area contributed by atoms with Crippen molar-refractivity contribution in [3.05, 3.63) is 76.6 Å². The molecule has 1 saturated heterocycles. The zero-order chi connectivity index (χ0) is 19.0. The predicted octanol–water partition coefficient (Wildman–Crippen LogP) is 4.60. The van der Waals surface area contributed by atoms with Crippen LogP contribution in [-0.4, -0.2) is 21.4 Å². The van der Waals surface area contributed by atoms with E-state index in [1.165, 1.54) is 18.5 Å². The third kappa shape index (κ3) is 3.24. The second-order valence-corrected chi connectivity index (χ2v) is 7.25. The summed E-state index contributed by atoms with van der Waals surface area (Å²) in [6.45, 7) is 0.577. The van der Waals surface area contributed by atoms with Gasteiger partial charge in [-0.3, -0.25) is 0 Å². The number of benzene rings is 2. The zero-order valence-electron chi connectivity index (χ0n) is 14.1. The Hall–Kier alpha value is -1.96. The molecule has 0 unspecified atom stereocenters. The van der Waals surface area contributed by atoms with Gasteiger partial charge in [0, 0.05) is 29.2 Å². The van der Waals surface area contributed by atoms with Gasteiger partial charge in [-0.1, -0.05) is 35.9 Å². The lowest BCUT2D eigenvalue weighted by Crippen LogP contribution is -2.38. The molecule has 4 rings (SSSR count). The fourth-order valence-corrected chi connectivity index (χ4v) is 4.23. The molecule has 0 radical (unpaired) electrons. The van der Waals surface area contributed by atoms with Crippen LogP contribution in [0.25, 0.3) is 0 Å². The third-order valence-corrected chi connectivity index (χ3v) is 5.67. The molecular formula is C19H16ClF2N3OS. The molecule has 2 aromatic carbocycles. The Kier molecular flexibility index (Phi) is 4.92. The van der Waals surface area contributed by atoms with E-state index < -0.39 is 17.2 Å². The Bertz CT molecular complexity index is 983. The van der Waals surface area contributed by atoms with E-state index in [0.29, 0.717) is 23.2 Å². The van der Waals surface area contributed by atoms with Crippen LogP contribution < -0.4 is 0 Å². The second kappa shape index (κ2) is 7.22. The molecule has 0 aliphatic carbocycles. The van der Waals surface area contributed by atoms with Crippen LogP contribution in [0.1, 0.15) is 23.5 Å². The Morgan fingerprint density at radius 1 is 1.26 bits per heavy atom. The average Bonchev–Trinajstić information content (AvgIpc) is 3.23. The highest BCUT2D eigenvalue weighted by atomic mass is 35.5. The van der Waals surface area contributed by atoms with Gasteiger partial charge in [0.2, 0.25) is 0 Å². The Morgan fingerprint density at radius 3 is 2.78 bits per heavy atom. The first kappa shape index (κ1) is 18.4. The standard InChI is InChI=1S/C19H16ClF2N3OS/c20-16-4-2-1-3-13(16)14-7-8-26-19(14,10-25-18(27)23-11-24-25)15-6-5-12(21)9-17(15)22/h1-6,9,11,14H,7-8,10H2,(H,23,24,27)/t14-,19+/m0/s1. The summed E-state index contributed by atoms with van der Waals surface area (Å²) in [4.78, 5) is 4.02. The number of thiol groups is 1. The molecule has 2 heterocycles. The van der Waals surface area contributed by atoms with Crippen molar-refractivity contribution >= 4 is 24.2 Å². The van der Waals surface area contributed by atoms with Crippen molar-refractivity contribution in [2.75, 3.05) is 6.61 Å². The van der Waals surface area contributed by atoms with E-state index in [2.05, 4.69) is 22.7 Å². The maximum atomic E-state index is 14.8. The van der Waals surface area contributed by atoms with Gasteiger partial charge in [-0.2, -0.15) is 5.10 Å². The van der Waals surface area contributed by atoms with Gasteiger partial charge in [0.25, 0.3) is 0 Å². The highest BCUT2D eigenvalue weighted by Crippen LogP contribution is 2.50. The molecule has 1 aromatic heterocycles. The maximum absolute atomic E-state index is 14.8. The SMILES string of the molecule is Fc1ccc([C@]2(Cn3ncnc3S)OCC[C@H]2c2ccccc2Cl)c(F)c1. The number of ether oxygens (including phenoxy) is 1. The van der Waals surface area contributed by atoms with Crippen molar-refractivity contribution in [1.82, 2.24) is 14.8 Å². The van der Waals surface area contributed by atoms with Crippen LogP contribution in [0.4, 0.5) is 8.78 Å². The Balaban J connectivity index is 1.90. The summed E-state index contributed by atoms with van der Waals surface area (Å²) in [5.41, 5.74) is -0.00991. The summed E-state index contributed by atoms with van der Waals surface area (Å²) in [5.74, 6) is -1.56. The fraction of sp³-hybridized carbons (Fsp3) is 0.263. The Labute approximate surface area is 165 Å². The number of hydrogen-bond donors (Lipinski definition) is 1. The predicted molar refractivity (Wildman–Crippen MR) is 100 cm³/mol. The first-order chi connectivity index (χ1) is 13.0. The van der Waals surface area contributed by atoms with Gasteiger partial charge in [0.15, 0.2) is 5.16 Å². The van der Waals surface area contributed by atoms with Crippen molar-refractivity contribution in [3.63, 3.8) is 0 Å². The average molecular weight is 408 g/mol. The van der Waals surface area contributed by atoms with Crippen LogP contribution in [0.15, 0.2) is 53.9 Å². The van der Waals surface area contributed by atoms with Crippen molar-refractivity contribution in [1.29, 1.82) is 0 Å². The summed E-state index contributed by atoms with van der Waals surface area (Å²) in [6, 6.07) is 10.9. The molecule has 0 spiro atoms. The first-order valence-corrected chi connectivity index (χ1v) is 9.24. The van der Waals surface area contributed by atoms with Crippen LogP contribution in [0, 0.1) is 11.6 Å². The molecule has 27 heavy (non-hydrogen) atoms. The van der Waals surface area contributed by atoms with E-state index >= 15 is 0 Å². The van der Waals surface area contributed by atoms with Crippen LogP contribution >= 0.6 is 24.2 Å². The quantitative estimate of drug-likeness (QED) is 0.642. The Morgan fingerprint density at radius 2 is 2.07 bits per heavy atom. The minimum atomic E-state index is -1.12. The first-order valence-electron chi connectivity index (χ1n) is 8.42. The van der Waals surface area contributed by atoms with E-state index in [4.69, 9.17) is 16.3 Å². The monoisotopic (exact) mass is 407 g/mol. The van der Waals surface area contributed by atoms with Gasteiger partial charge in [-0.25, -0.2) is 18.4 Å². The number of rotatable bonds is 4. The highest BCUT2D eigenvalue weighted by Gasteiger charge is 2.49. The summed E-state index contributed by atoms with van der Waals surface area (Å²) < 4.78 is 36.1. The summed E-state index contributed by atoms with van der Waals surface area (Å²) in [6.07, 6.45) is 2.01. The van der Waals surface area contributed by atoms with Gasteiger partial charge in [0.05, 0.1) is 6.54 Å². The van der Waals surface area contributed by atoms with E-state index in [9.17, 15) is 8.78 Å². The van der Waals surface area contributed by atoms with Crippen molar-refractivity contribution in [2.24, 2.45) is 0 Å². The van der Waals surface area contributed by atoms with Crippen molar-refractivity contribution in [2.45, 2.75) is 29.6 Å². The number of aromatic nitrogens is 3. The normalized spacial score (nSPS) is 22.3. The molecule has 1 aliphatic rings. The lowest BCUT2D eigenvalue weighted by molar-refractivity contribution is -0.0318. The van der Waals surface area contributed by atoms with Crippen LogP contribution in [-0.2, 0) is 16.9 Å². The minimum absolute atomic E-state index is 0.171. The molecule has 2 atom stereocenters. The molecule has 0 saturated carbocycles. The number of halogens is 3. The lowest BCUT2D eigenvalue weighted by atomic mass is 9.77. The van der Waals surface area contributed by atoms with E-state index in [1.807, 2.05) is 18.2 Å². The molecule has 8 heteroatoms. The van der Waals surface area contributed by atoms with Gasteiger partial charge < -0.3 is 4.74 Å². The van der Waals surface area contributed by atoms with Crippen LogP contribution in [0.3, 0.4) is 0 Å². The van der Waals surface area contributed by atoms with Crippen LogP contribution in [0.2, 0.25) is 5.02 Å². The molecular weight excluding hydrogens is 392 g/mol. The maximum Gasteiger partial charge on any atom is 0.183 e. The third-order valence-electron chi connectivity index (χ3n) is 4.98. The van der Waals surface area contributed by atoms with Gasteiger partial charge >= 0.3 is 0 Å². The molecule has 4 nitrogen and oxygen atoms in total.